The van der Waals surface area contributed by atoms with E-state index >= 15 is 0 Å². The van der Waals surface area contributed by atoms with Crippen LogP contribution in [0.2, 0.25) is 0 Å². The largest absolute Gasteiger partial charge is 0.756 e. The summed E-state index contributed by atoms with van der Waals surface area (Å²) in [4.78, 5) is 25.0. The summed E-state index contributed by atoms with van der Waals surface area (Å²) in [7, 11) is 1.33. The van der Waals surface area contributed by atoms with E-state index in [2.05, 4.69) is 62.5 Å². The third-order valence-electron chi connectivity index (χ3n) is 9.86. The lowest BCUT2D eigenvalue weighted by Gasteiger charge is -2.28. The molecule has 0 spiro atoms. The average Bonchev–Trinajstić information content (AvgIpc) is 3.16. The Hall–Kier alpha value is -1.54. The van der Waals surface area contributed by atoms with Crippen molar-refractivity contribution in [3.05, 3.63) is 48.6 Å². The summed E-state index contributed by atoms with van der Waals surface area (Å²) in [6.07, 6.45) is 50.0. The molecule has 0 fully saturated rings. The van der Waals surface area contributed by atoms with Crippen LogP contribution >= 0.6 is 7.82 Å². The number of hydrogen-bond donors (Lipinski definition) is 0. The van der Waals surface area contributed by atoms with Crippen LogP contribution in [0.3, 0.4) is 0 Å². The highest BCUT2D eigenvalue weighted by Crippen LogP contribution is 2.38. The molecule has 0 heterocycles. The highest BCUT2D eigenvalue weighted by Gasteiger charge is 2.20. The van der Waals surface area contributed by atoms with Crippen molar-refractivity contribution in [1.82, 2.24) is 0 Å². The summed E-state index contributed by atoms with van der Waals surface area (Å²) in [6, 6.07) is 0. The minimum atomic E-state index is -4.53. The third-order valence-corrected chi connectivity index (χ3v) is 10.8. The molecule has 0 saturated carbocycles. The van der Waals surface area contributed by atoms with Gasteiger partial charge in [0.25, 0.3) is 7.82 Å². The van der Waals surface area contributed by atoms with Crippen molar-refractivity contribution in [2.45, 2.75) is 200 Å². The van der Waals surface area contributed by atoms with Gasteiger partial charge in [0, 0.05) is 13.0 Å². The second-order valence-electron chi connectivity index (χ2n) is 16.7. The van der Waals surface area contributed by atoms with Gasteiger partial charge in [0.05, 0.1) is 34.4 Å². The molecule has 0 rings (SSSR count). The van der Waals surface area contributed by atoms with Gasteiger partial charge in [0.2, 0.25) is 0 Å². The van der Waals surface area contributed by atoms with E-state index in [9.17, 15) is 14.3 Å². The Bertz CT molecular complexity index is 1050. The maximum Gasteiger partial charge on any atom is 0.306 e. The zero-order valence-corrected chi connectivity index (χ0v) is 38.7. The number of nitrogens with zero attached hydrogens (tertiary/aromatic N) is 1. The maximum absolute atomic E-state index is 12.7. The van der Waals surface area contributed by atoms with Crippen molar-refractivity contribution in [1.29, 1.82) is 0 Å². The Kier molecular flexibility index (Phi) is 40.1. The Labute approximate surface area is 352 Å². The van der Waals surface area contributed by atoms with Crippen LogP contribution in [0.4, 0.5) is 0 Å². The first-order chi connectivity index (χ1) is 27.6. The van der Waals surface area contributed by atoms with Gasteiger partial charge >= 0.3 is 5.97 Å². The van der Waals surface area contributed by atoms with Crippen LogP contribution in [0.25, 0.3) is 0 Å². The molecule has 0 bridgehead atoms. The van der Waals surface area contributed by atoms with Crippen LogP contribution in [0, 0.1) is 0 Å². The summed E-state index contributed by atoms with van der Waals surface area (Å²) >= 11 is 0. The molecular formula is C48H90NO7P. The number of unbranched alkanes of at least 4 members (excludes halogenated alkanes) is 21. The standard InChI is InChI=1S/C48H90NO7P/c1-6-8-10-12-14-16-18-20-21-22-23-24-25-26-27-28-30-32-34-36-38-40-43-53-45-47(46-55-57(51,52)54-44-42-49(3,4)5)56-48(50)41-39-37-35-33-31-29-19-17-15-13-11-9-7-2/h9,11,15,17,22-23,29,31,47H,6-8,10,12-14,16,18-21,24-28,30,32-46H2,1-5H3/b11-9-,17-15-,23-22-,31-29-. The summed E-state index contributed by atoms with van der Waals surface area (Å²) in [6.45, 7) is 5.26. The van der Waals surface area contributed by atoms with Crippen molar-refractivity contribution < 1.29 is 37.3 Å². The molecule has 334 valence electrons. The molecule has 8 nitrogen and oxygen atoms in total. The summed E-state index contributed by atoms with van der Waals surface area (Å²) in [5.74, 6) is -0.363. The zero-order chi connectivity index (χ0) is 42.0. The fourth-order valence-electron chi connectivity index (χ4n) is 6.26. The molecule has 0 amide bonds. The van der Waals surface area contributed by atoms with Crippen molar-refractivity contribution in [3.63, 3.8) is 0 Å². The molecule has 0 saturated heterocycles. The van der Waals surface area contributed by atoms with Crippen LogP contribution in [0.5, 0.6) is 0 Å². The number of esters is 1. The fraction of sp³-hybridized carbons (Fsp3) is 0.812. The number of allylic oxidation sites excluding steroid dienone is 8. The summed E-state index contributed by atoms with van der Waals surface area (Å²) in [5.41, 5.74) is 0. The molecule has 0 N–H and O–H groups in total. The van der Waals surface area contributed by atoms with E-state index in [0.717, 1.165) is 57.8 Å². The molecule has 57 heavy (non-hydrogen) atoms. The lowest BCUT2D eigenvalue weighted by atomic mass is 10.1. The van der Waals surface area contributed by atoms with Gasteiger partial charge in [-0.25, -0.2) is 0 Å². The van der Waals surface area contributed by atoms with Crippen molar-refractivity contribution in [3.8, 4) is 0 Å². The van der Waals surface area contributed by atoms with E-state index in [4.69, 9.17) is 18.5 Å². The molecule has 2 atom stereocenters. The normalized spacial score (nSPS) is 14.1. The molecule has 9 heteroatoms. The van der Waals surface area contributed by atoms with E-state index in [1.807, 2.05) is 21.1 Å². The maximum atomic E-state index is 12.7. The Balaban J connectivity index is 4.16. The summed E-state index contributed by atoms with van der Waals surface area (Å²) in [5, 5.41) is 0. The molecule has 0 aromatic carbocycles. The van der Waals surface area contributed by atoms with E-state index in [1.165, 1.54) is 116 Å². The number of hydrogen-bond acceptors (Lipinski definition) is 7. The number of carbonyl (C=O) groups is 1. The molecule has 0 radical (unpaired) electrons. The Morgan fingerprint density at radius 1 is 0.561 bits per heavy atom. The molecular weight excluding hydrogens is 734 g/mol. The first kappa shape index (κ1) is 55.5. The number of phosphoric acid groups is 1. The van der Waals surface area contributed by atoms with Gasteiger partial charge in [-0.3, -0.25) is 9.36 Å². The van der Waals surface area contributed by atoms with Gasteiger partial charge in [-0.1, -0.05) is 165 Å². The van der Waals surface area contributed by atoms with Gasteiger partial charge in [0.1, 0.15) is 19.3 Å². The first-order valence-corrected chi connectivity index (χ1v) is 24.8. The number of carbonyl (C=O) groups excluding carboxylic acids is 1. The Morgan fingerprint density at radius 2 is 1.02 bits per heavy atom. The number of quaternary nitrogens is 1. The van der Waals surface area contributed by atoms with E-state index in [-0.39, 0.29) is 32.2 Å². The lowest BCUT2D eigenvalue weighted by molar-refractivity contribution is -0.870. The molecule has 0 aromatic heterocycles. The highest BCUT2D eigenvalue weighted by atomic mass is 31.2. The fourth-order valence-corrected chi connectivity index (χ4v) is 6.99. The van der Waals surface area contributed by atoms with Crippen molar-refractivity contribution >= 4 is 13.8 Å². The SMILES string of the molecule is CC/C=C\C/C=C\C/C=C\CCCCCC(=O)OC(COCCCCCCCCCCCC/C=C\CCCCCCCCCC)COP(=O)([O-])OCC[N+](C)(C)C. The van der Waals surface area contributed by atoms with Gasteiger partial charge in [-0.2, -0.15) is 0 Å². The van der Waals surface area contributed by atoms with Crippen LogP contribution < -0.4 is 4.89 Å². The highest BCUT2D eigenvalue weighted by molar-refractivity contribution is 7.45. The lowest BCUT2D eigenvalue weighted by Crippen LogP contribution is -2.37. The van der Waals surface area contributed by atoms with Gasteiger partial charge < -0.3 is 27.9 Å². The quantitative estimate of drug-likeness (QED) is 0.0199. The molecule has 0 aliphatic rings. The Morgan fingerprint density at radius 3 is 1.54 bits per heavy atom. The molecule has 0 aliphatic carbocycles. The van der Waals surface area contributed by atoms with Crippen LogP contribution in [-0.4, -0.2) is 70.7 Å². The predicted molar refractivity (Wildman–Crippen MR) is 240 cm³/mol. The zero-order valence-electron chi connectivity index (χ0n) is 37.8. The van der Waals surface area contributed by atoms with Gasteiger partial charge in [-0.05, 0) is 70.6 Å². The average molecular weight is 824 g/mol. The number of likely N-dealkylation sites (N-methyl/N-ethyl adjacent to an activating group) is 1. The first-order valence-electron chi connectivity index (χ1n) is 23.4. The minimum absolute atomic E-state index is 0.0189. The van der Waals surface area contributed by atoms with Crippen LogP contribution in [0.1, 0.15) is 194 Å². The van der Waals surface area contributed by atoms with Crippen LogP contribution in [0.15, 0.2) is 48.6 Å². The second kappa shape index (κ2) is 41.2. The van der Waals surface area contributed by atoms with E-state index < -0.39 is 13.9 Å². The van der Waals surface area contributed by atoms with E-state index in [1.54, 1.807) is 0 Å². The molecule has 2 unspecified atom stereocenters. The monoisotopic (exact) mass is 824 g/mol. The number of ether oxygens (including phenoxy) is 2. The minimum Gasteiger partial charge on any atom is -0.756 e. The molecule has 0 aliphatic heterocycles. The second-order valence-corrected chi connectivity index (χ2v) is 18.1. The van der Waals surface area contributed by atoms with Gasteiger partial charge in [0.15, 0.2) is 0 Å². The van der Waals surface area contributed by atoms with Crippen LogP contribution in [-0.2, 0) is 27.9 Å². The van der Waals surface area contributed by atoms with E-state index in [0.29, 0.717) is 17.6 Å². The summed E-state index contributed by atoms with van der Waals surface area (Å²) < 4.78 is 34.6. The number of rotatable bonds is 43. The topological polar surface area (TPSA) is 94.1 Å². The smallest absolute Gasteiger partial charge is 0.306 e. The van der Waals surface area contributed by atoms with Crippen molar-refractivity contribution in [2.75, 3.05) is 54.1 Å². The van der Waals surface area contributed by atoms with Crippen molar-refractivity contribution in [2.24, 2.45) is 0 Å². The third kappa shape index (κ3) is 45.4. The predicted octanol–water partition coefficient (Wildman–Crippen LogP) is 13.3. The molecule has 0 aromatic rings. The number of phosphoric ester groups is 1. The van der Waals surface area contributed by atoms with Gasteiger partial charge in [-0.15, -0.1) is 0 Å².